The zero-order valence-corrected chi connectivity index (χ0v) is 14.0. The standard InChI is InChI=1S/C18H22N2O4/c1-3-4-5-8-11-19-16(21)14-15(17(19)22)18(14,2)12-9-6-7-10-13(12)20(23)24/h6-7,9-10,14-15H,3-5,8,11H2,1-2H3/t14-,15+,18?. The van der Waals surface area contributed by atoms with E-state index < -0.39 is 22.2 Å². The molecule has 0 spiro atoms. The lowest BCUT2D eigenvalue weighted by Gasteiger charge is -2.23. The zero-order valence-electron chi connectivity index (χ0n) is 14.0. The van der Waals surface area contributed by atoms with Crippen molar-refractivity contribution >= 4 is 17.5 Å². The number of likely N-dealkylation sites (tertiary alicyclic amines) is 1. The summed E-state index contributed by atoms with van der Waals surface area (Å²) in [6.45, 7) is 4.38. The van der Waals surface area contributed by atoms with Gasteiger partial charge in [-0.15, -0.1) is 0 Å². The number of fused-ring (bicyclic) bond motifs is 1. The Morgan fingerprint density at radius 3 is 2.33 bits per heavy atom. The number of nitrogens with zero attached hydrogens (tertiary/aromatic N) is 2. The number of nitro benzene ring substituents is 1. The quantitative estimate of drug-likeness (QED) is 0.333. The molecule has 0 N–H and O–H groups in total. The van der Waals surface area contributed by atoms with Gasteiger partial charge in [0.2, 0.25) is 11.8 Å². The molecule has 1 saturated carbocycles. The number of carbonyl (C=O) groups is 2. The predicted octanol–water partition coefficient (Wildman–Crippen LogP) is 3.05. The second-order valence-corrected chi connectivity index (χ2v) is 6.90. The number of hydrogen-bond donors (Lipinski definition) is 0. The van der Waals surface area contributed by atoms with E-state index in [0.29, 0.717) is 12.1 Å². The maximum atomic E-state index is 12.6. The van der Waals surface area contributed by atoms with Crippen molar-refractivity contribution in [1.82, 2.24) is 4.90 Å². The van der Waals surface area contributed by atoms with Crippen LogP contribution in [0.5, 0.6) is 0 Å². The number of amides is 2. The predicted molar refractivity (Wildman–Crippen MR) is 88.3 cm³/mol. The third-order valence-corrected chi connectivity index (χ3v) is 5.50. The maximum Gasteiger partial charge on any atom is 0.273 e. The summed E-state index contributed by atoms with van der Waals surface area (Å²) >= 11 is 0. The van der Waals surface area contributed by atoms with E-state index in [1.165, 1.54) is 11.0 Å². The van der Waals surface area contributed by atoms with Crippen LogP contribution in [-0.2, 0) is 15.0 Å². The van der Waals surface area contributed by atoms with E-state index in [9.17, 15) is 19.7 Å². The average molecular weight is 330 g/mol. The van der Waals surface area contributed by atoms with Gasteiger partial charge in [-0.05, 0) is 6.42 Å². The first-order valence-corrected chi connectivity index (χ1v) is 8.53. The van der Waals surface area contributed by atoms with Gasteiger partial charge in [0.1, 0.15) is 0 Å². The monoisotopic (exact) mass is 330 g/mol. The van der Waals surface area contributed by atoms with Gasteiger partial charge in [0.25, 0.3) is 5.69 Å². The Morgan fingerprint density at radius 2 is 1.75 bits per heavy atom. The molecule has 0 aromatic heterocycles. The molecule has 128 valence electrons. The molecule has 0 bridgehead atoms. The van der Waals surface area contributed by atoms with Crippen molar-refractivity contribution in [1.29, 1.82) is 0 Å². The number of hydrogen-bond acceptors (Lipinski definition) is 4. The zero-order chi connectivity index (χ0) is 17.5. The highest BCUT2D eigenvalue weighted by Crippen LogP contribution is 2.65. The normalized spacial score (nSPS) is 28.2. The summed E-state index contributed by atoms with van der Waals surface area (Å²) in [5.41, 5.74) is -0.251. The van der Waals surface area contributed by atoms with Gasteiger partial charge in [-0.2, -0.15) is 0 Å². The lowest BCUT2D eigenvalue weighted by atomic mass is 9.90. The molecule has 1 aromatic rings. The summed E-state index contributed by atoms with van der Waals surface area (Å²) in [5.74, 6) is -1.22. The maximum absolute atomic E-state index is 12.6. The van der Waals surface area contributed by atoms with Gasteiger partial charge in [-0.3, -0.25) is 24.6 Å². The lowest BCUT2D eigenvalue weighted by molar-refractivity contribution is -0.385. The highest BCUT2D eigenvalue weighted by atomic mass is 16.6. The molecule has 6 heteroatoms. The summed E-state index contributed by atoms with van der Waals surface area (Å²) in [7, 11) is 0. The number of imide groups is 1. The van der Waals surface area contributed by atoms with Crippen molar-refractivity contribution in [3.63, 3.8) is 0 Å². The minimum absolute atomic E-state index is 0.00973. The van der Waals surface area contributed by atoms with Gasteiger partial charge in [0, 0.05) is 23.6 Å². The number of rotatable bonds is 7. The van der Waals surface area contributed by atoms with E-state index in [1.54, 1.807) is 25.1 Å². The topological polar surface area (TPSA) is 80.5 Å². The molecule has 1 saturated heterocycles. The second kappa shape index (κ2) is 6.00. The molecule has 3 atom stereocenters. The molecule has 1 aromatic carbocycles. The smallest absolute Gasteiger partial charge is 0.273 e. The van der Waals surface area contributed by atoms with Gasteiger partial charge in [-0.25, -0.2) is 0 Å². The van der Waals surface area contributed by atoms with Crippen LogP contribution in [0.15, 0.2) is 24.3 Å². The summed E-state index contributed by atoms with van der Waals surface area (Å²) in [5, 5.41) is 11.3. The minimum Gasteiger partial charge on any atom is -0.282 e. The largest absolute Gasteiger partial charge is 0.282 e. The van der Waals surface area contributed by atoms with Crippen LogP contribution in [0.1, 0.15) is 45.1 Å². The average Bonchev–Trinajstić information content (AvgIpc) is 3.11. The Morgan fingerprint density at radius 1 is 1.12 bits per heavy atom. The van der Waals surface area contributed by atoms with Crippen LogP contribution in [0.25, 0.3) is 0 Å². The number of piperidine rings is 1. The third kappa shape index (κ3) is 2.32. The Hall–Kier alpha value is -2.24. The van der Waals surface area contributed by atoms with E-state index in [0.717, 1.165) is 25.7 Å². The highest BCUT2D eigenvalue weighted by molar-refractivity contribution is 6.12. The van der Waals surface area contributed by atoms with Crippen LogP contribution >= 0.6 is 0 Å². The van der Waals surface area contributed by atoms with Crippen molar-refractivity contribution in [2.24, 2.45) is 11.8 Å². The Bertz CT molecular complexity index is 678. The van der Waals surface area contributed by atoms with Crippen molar-refractivity contribution in [2.75, 3.05) is 6.54 Å². The Balaban J connectivity index is 1.79. The summed E-state index contributed by atoms with van der Waals surface area (Å²) in [6.07, 6.45) is 4.02. The summed E-state index contributed by atoms with van der Waals surface area (Å²) in [6, 6.07) is 6.43. The van der Waals surface area contributed by atoms with E-state index >= 15 is 0 Å². The fraction of sp³-hybridized carbons (Fsp3) is 0.556. The van der Waals surface area contributed by atoms with Crippen molar-refractivity contribution in [3.8, 4) is 0 Å². The SMILES string of the molecule is CCCCCCN1C(=O)[C@@H]2[C@H](C1=O)C2(C)c1ccccc1[N+](=O)[O-]. The molecule has 6 nitrogen and oxygen atoms in total. The fourth-order valence-corrected chi connectivity index (χ4v) is 4.10. The van der Waals surface area contributed by atoms with Crippen LogP contribution in [0.2, 0.25) is 0 Å². The van der Waals surface area contributed by atoms with Crippen molar-refractivity contribution in [2.45, 2.75) is 44.9 Å². The van der Waals surface area contributed by atoms with E-state index in [2.05, 4.69) is 6.92 Å². The second-order valence-electron chi connectivity index (χ2n) is 6.90. The Kier molecular flexibility index (Phi) is 4.15. The number of para-hydroxylation sites is 1. The molecular weight excluding hydrogens is 308 g/mol. The van der Waals surface area contributed by atoms with E-state index in [-0.39, 0.29) is 17.5 Å². The van der Waals surface area contributed by atoms with Crippen LogP contribution in [0, 0.1) is 22.0 Å². The minimum atomic E-state index is -0.738. The number of carbonyl (C=O) groups excluding carboxylic acids is 2. The number of unbranched alkanes of at least 4 members (excludes halogenated alkanes) is 3. The first-order valence-electron chi connectivity index (χ1n) is 8.53. The van der Waals surface area contributed by atoms with Crippen molar-refractivity contribution in [3.05, 3.63) is 39.9 Å². The van der Waals surface area contributed by atoms with E-state index in [4.69, 9.17) is 0 Å². The fourth-order valence-electron chi connectivity index (χ4n) is 4.10. The van der Waals surface area contributed by atoms with Crippen LogP contribution in [-0.4, -0.2) is 28.2 Å². The van der Waals surface area contributed by atoms with Gasteiger partial charge >= 0.3 is 0 Å². The van der Waals surface area contributed by atoms with Gasteiger partial charge in [0.15, 0.2) is 0 Å². The van der Waals surface area contributed by atoms with Gasteiger partial charge in [0.05, 0.1) is 16.8 Å². The summed E-state index contributed by atoms with van der Waals surface area (Å²) in [4.78, 5) is 37.4. The number of benzene rings is 1. The first-order chi connectivity index (χ1) is 11.4. The highest BCUT2D eigenvalue weighted by Gasteiger charge is 2.76. The van der Waals surface area contributed by atoms with Gasteiger partial charge in [-0.1, -0.05) is 51.3 Å². The van der Waals surface area contributed by atoms with Crippen LogP contribution in [0.4, 0.5) is 5.69 Å². The van der Waals surface area contributed by atoms with Crippen molar-refractivity contribution < 1.29 is 14.5 Å². The molecule has 0 radical (unpaired) electrons. The molecule has 1 unspecified atom stereocenters. The third-order valence-electron chi connectivity index (χ3n) is 5.50. The molecule has 1 aliphatic carbocycles. The molecule has 2 amide bonds. The summed E-state index contributed by atoms with van der Waals surface area (Å²) < 4.78 is 0. The molecule has 2 aliphatic rings. The van der Waals surface area contributed by atoms with E-state index in [1.807, 2.05) is 0 Å². The molecule has 1 aliphatic heterocycles. The van der Waals surface area contributed by atoms with Crippen LogP contribution in [0.3, 0.4) is 0 Å². The molecule has 2 fully saturated rings. The lowest BCUT2D eigenvalue weighted by Crippen LogP contribution is -2.38. The number of nitro groups is 1. The molecule has 24 heavy (non-hydrogen) atoms. The van der Waals surface area contributed by atoms with Crippen LogP contribution < -0.4 is 0 Å². The first kappa shape index (κ1) is 16.6. The molecule has 3 rings (SSSR count). The van der Waals surface area contributed by atoms with Gasteiger partial charge < -0.3 is 0 Å². The molecule has 1 heterocycles. The molecular formula is C18H22N2O4. The Labute approximate surface area is 141 Å².